The predicted molar refractivity (Wildman–Crippen MR) is 134 cm³/mol. The molecule has 0 radical (unpaired) electrons. The number of pyridine rings is 1. The summed E-state index contributed by atoms with van der Waals surface area (Å²) in [5, 5.41) is 5.97. The molecule has 2 atom stereocenters. The second kappa shape index (κ2) is 12.4. The first-order valence-corrected chi connectivity index (χ1v) is 11.3. The highest BCUT2D eigenvalue weighted by molar-refractivity contribution is 5.98. The van der Waals surface area contributed by atoms with Gasteiger partial charge in [0, 0.05) is 31.0 Å². The summed E-state index contributed by atoms with van der Waals surface area (Å²) in [6.45, 7) is 7.34. The van der Waals surface area contributed by atoms with E-state index in [9.17, 15) is 14.0 Å². The first-order chi connectivity index (χ1) is 16.9. The highest BCUT2D eigenvalue weighted by Crippen LogP contribution is 2.30. The van der Waals surface area contributed by atoms with Crippen molar-refractivity contribution in [2.75, 3.05) is 38.6 Å². The first kappa shape index (κ1) is 28.6. The van der Waals surface area contributed by atoms with Gasteiger partial charge in [0.15, 0.2) is 11.6 Å². The minimum absolute atomic E-state index is 0.0256. The number of amides is 1. The Morgan fingerprint density at radius 1 is 1.06 bits per heavy atom. The lowest BCUT2D eigenvalue weighted by Gasteiger charge is -2.27. The molecule has 2 aromatic rings. The number of hydrogen-bond donors (Lipinski definition) is 3. The van der Waals surface area contributed by atoms with E-state index in [1.807, 2.05) is 6.92 Å². The van der Waals surface area contributed by atoms with Gasteiger partial charge in [0.25, 0.3) is 5.91 Å². The maximum atomic E-state index is 15.0. The maximum Gasteiger partial charge on any atom is 0.306 e. The van der Waals surface area contributed by atoms with E-state index in [0.717, 1.165) is 6.07 Å². The molecule has 1 aromatic carbocycles. The molecule has 0 aliphatic rings. The molecule has 0 bridgehead atoms. The van der Waals surface area contributed by atoms with Gasteiger partial charge in [-0.3, -0.25) is 9.59 Å². The molecule has 0 aliphatic heterocycles. The van der Waals surface area contributed by atoms with Gasteiger partial charge in [0.1, 0.15) is 22.9 Å². The summed E-state index contributed by atoms with van der Waals surface area (Å²) < 4.78 is 36.2. The van der Waals surface area contributed by atoms with Crippen LogP contribution in [-0.2, 0) is 14.3 Å². The lowest BCUT2D eigenvalue weighted by Crippen LogP contribution is -2.35. The number of nitrogens with one attached hydrogen (secondary N) is 2. The highest BCUT2D eigenvalue weighted by atomic mass is 19.1. The third-order valence-corrected chi connectivity index (χ3v) is 5.12. The molecule has 0 aliphatic carbocycles. The number of halogens is 1. The van der Waals surface area contributed by atoms with Gasteiger partial charge in [0.05, 0.1) is 38.9 Å². The zero-order valence-corrected chi connectivity index (χ0v) is 21.7. The number of anilines is 3. The number of esters is 1. The molecular weight excluding hydrogens is 471 g/mol. The van der Waals surface area contributed by atoms with Crippen molar-refractivity contribution >= 4 is 29.2 Å². The van der Waals surface area contributed by atoms with Crippen LogP contribution in [0.25, 0.3) is 0 Å². The van der Waals surface area contributed by atoms with Gasteiger partial charge in [-0.05, 0) is 32.8 Å². The summed E-state index contributed by atoms with van der Waals surface area (Å²) in [5.74, 6) is -1.46. The number of hydrogen-bond acceptors (Lipinski definition) is 9. The molecule has 1 heterocycles. The second-order valence-electron chi connectivity index (χ2n) is 9.28. The zero-order valence-electron chi connectivity index (χ0n) is 21.7. The standard InChI is InChI=1S/C25H35FN4O6/c1-14(8-21(31)36-25(2,3)4)20(13-33-5)29-24-19(26)12-18(22(27)32)23(30-24)28-15-9-16(34-6)11-17(10-15)35-7/h9-12,14,20H,8,13H2,1-7H3,(H2,27,32)(H2,28,29,30)/t14-,20-/m1/s1. The number of nitrogens with zero attached hydrogens (tertiary/aromatic N) is 1. The van der Waals surface area contributed by atoms with Crippen molar-refractivity contribution in [3.63, 3.8) is 0 Å². The summed E-state index contributed by atoms with van der Waals surface area (Å²) in [5.41, 5.74) is 5.18. The van der Waals surface area contributed by atoms with Crippen LogP contribution in [0.3, 0.4) is 0 Å². The van der Waals surface area contributed by atoms with Crippen LogP contribution in [-0.4, -0.2) is 56.4 Å². The van der Waals surface area contributed by atoms with E-state index in [0.29, 0.717) is 17.2 Å². The van der Waals surface area contributed by atoms with E-state index >= 15 is 0 Å². The van der Waals surface area contributed by atoms with E-state index in [1.54, 1.807) is 39.0 Å². The maximum absolute atomic E-state index is 15.0. The van der Waals surface area contributed by atoms with Crippen LogP contribution in [0.2, 0.25) is 0 Å². The molecule has 2 rings (SSSR count). The van der Waals surface area contributed by atoms with Gasteiger partial charge < -0.3 is 35.3 Å². The monoisotopic (exact) mass is 506 g/mol. The van der Waals surface area contributed by atoms with Crippen LogP contribution >= 0.6 is 0 Å². The fourth-order valence-electron chi connectivity index (χ4n) is 3.38. The number of rotatable bonds is 12. The molecule has 4 N–H and O–H groups in total. The Bertz CT molecular complexity index is 1050. The summed E-state index contributed by atoms with van der Waals surface area (Å²) >= 11 is 0. The molecule has 11 heteroatoms. The van der Waals surface area contributed by atoms with Gasteiger partial charge in [-0.2, -0.15) is 0 Å². The van der Waals surface area contributed by atoms with Crippen LogP contribution in [0.4, 0.5) is 21.7 Å². The Labute approximate surface area is 210 Å². The molecule has 0 saturated carbocycles. The molecule has 36 heavy (non-hydrogen) atoms. The summed E-state index contributed by atoms with van der Waals surface area (Å²) in [4.78, 5) is 28.6. The lowest BCUT2D eigenvalue weighted by atomic mass is 9.98. The number of carbonyl (C=O) groups is 2. The molecular formula is C25H35FN4O6. The first-order valence-electron chi connectivity index (χ1n) is 11.3. The Morgan fingerprint density at radius 3 is 2.17 bits per heavy atom. The van der Waals surface area contributed by atoms with Crippen molar-refractivity contribution in [1.82, 2.24) is 4.98 Å². The third kappa shape index (κ3) is 8.26. The number of methoxy groups -OCH3 is 3. The molecule has 0 spiro atoms. The zero-order chi connectivity index (χ0) is 27.0. The number of ether oxygens (including phenoxy) is 4. The molecule has 0 unspecified atom stereocenters. The van der Waals surface area contributed by atoms with Crippen LogP contribution in [0.5, 0.6) is 11.5 Å². The van der Waals surface area contributed by atoms with Crippen LogP contribution < -0.4 is 25.8 Å². The summed E-state index contributed by atoms with van der Waals surface area (Å²) in [7, 11) is 4.50. The summed E-state index contributed by atoms with van der Waals surface area (Å²) in [6.07, 6.45) is 0.0774. The second-order valence-corrected chi connectivity index (χ2v) is 9.28. The Kier molecular flexibility index (Phi) is 9.85. The lowest BCUT2D eigenvalue weighted by molar-refractivity contribution is -0.156. The minimum Gasteiger partial charge on any atom is -0.497 e. The van der Waals surface area contributed by atoms with Crippen molar-refractivity contribution < 1.29 is 32.9 Å². The van der Waals surface area contributed by atoms with Crippen molar-refractivity contribution in [1.29, 1.82) is 0 Å². The van der Waals surface area contributed by atoms with Gasteiger partial charge >= 0.3 is 5.97 Å². The average Bonchev–Trinajstić information content (AvgIpc) is 2.78. The fourth-order valence-corrected chi connectivity index (χ4v) is 3.38. The van der Waals surface area contributed by atoms with Crippen LogP contribution in [0.1, 0.15) is 44.5 Å². The van der Waals surface area contributed by atoms with Crippen molar-refractivity contribution in [3.8, 4) is 11.5 Å². The molecule has 0 fully saturated rings. The molecule has 10 nitrogen and oxygen atoms in total. The summed E-state index contributed by atoms with van der Waals surface area (Å²) in [6, 6.07) is 5.49. The smallest absolute Gasteiger partial charge is 0.306 e. The number of benzene rings is 1. The third-order valence-electron chi connectivity index (χ3n) is 5.12. The topological polar surface area (TPSA) is 134 Å². The number of aromatic nitrogens is 1. The largest absolute Gasteiger partial charge is 0.497 e. The number of primary amides is 1. The van der Waals surface area contributed by atoms with Crippen molar-refractivity contribution in [2.45, 2.75) is 45.8 Å². The van der Waals surface area contributed by atoms with E-state index in [1.165, 1.54) is 21.3 Å². The van der Waals surface area contributed by atoms with Crippen molar-refractivity contribution in [2.24, 2.45) is 11.7 Å². The Hall–Kier alpha value is -3.60. The number of nitrogens with two attached hydrogens (primary N) is 1. The Balaban J connectivity index is 2.37. The normalized spacial score (nSPS) is 12.9. The fraction of sp³-hybridized carbons (Fsp3) is 0.480. The van der Waals surface area contributed by atoms with Gasteiger partial charge in [-0.25, -0.2) is 9.37 Å². The Morgan fingerprint density at radius 2 is 1.67 bits per heavy atom. The van der Waals surface area contributed by atoms with Gasteiger partial charge in [-0.15, -0.1) is 0 Å². The van der Waals surface area contributed by atoms with E-state index in [-0.39, 0.29) is 42.1 Å². The molecule has 1 amide bonds. The quantitative estimate of drug-likeness (QED) is 0.367. The highest BCUT2D eigenvalue weighted by Gasteiger charge is 2.26. The SMILES string of the molecule is COC[C@@H](Nc1nc(Nc2cc(OC)cc(OC)c2)c(C(N)=O)cc1F)[C@H](C)CC(=O)OC(C)(C)C. The van der Waals surface area contributed by atoms with E-state index in [4.69, 9.17) is 24.7 Å². The van der Waals surface area contributed by atoms with Gasteiger partial charge in [0.2, 0.25) is 0 Å². The predicted octanol–water partition coefficient (Wildman–Crippen LogP) is 3.88. The van der Waals surface area contributed by atoms with Gasteiger partial charge in [-0.1, -0.05) is 6.92 Å². The molecule has 0 saturated heterocycles. The molecule has 198 valence electrons. The van der Waals surface area contributed by atoms with Crippen molar-refractivity contribution in [3.05, 3.63) is 35.6 Å². The van der Waals surface area contributed by atoms with E-state index in [2.05, 4.69) is 15.6 Å². The minimum atomic E-state index is -0.864. The van der Waals surface area contributed by atoms with E-state index < -0.39 is 23.4 Å². The van der Waals surface area contributed by atoms with Crippen LogP contribution in [0.15, 0.2) is 24.3 Å². The number of carbonyl (C=O) groups excluding carboxylic acids is 2. The van der Waals surface area contributed by atoms with Crippen LogP contribution in [0, 0.1) is 11.7 Å². The average molecular weight is 507 g/mol. The molecule has 1 aromatic heterocycles.